The van der Waals surface area contributed by atoms with E-state index in [1.165, 1.54) is 0 Å². The van der Waals surface area contributed by atoms with Gasteiger partial charge in [-0.2, -0.15) is 17.0 Å². The van der Waals surface area contributed by atoms with Crippen LogP contribution in [0.4, 0.5) is 0 Å². The largest absolute Gasteiger partial charge is 0.305 e. The molecule has 0 saturated carbocycles. The predicted molar refractivity (Wildman–Crippen MR) is 90.0 cm³/mol. The van der Waals surface area contributed by atoms with Gasteiger partial charge < -0.3 is 4.90 Å². The van der Waals surface area contributed by atoms with E-state index in [-0.39, 0.29) is 6.04 Å². The van der Waals surface area contributed by atoms with E-state index in [9.17, 15) is 8.42 Å². The molecule has 0 unspecified atom stereocenters. The van der Waals surface area contributed by atoms with Gasteiger partial charge in [-0.25, -0.2) is 0 Å². The van der Waals surface area contributed by atoms with Crippen molar-refractivity contribution in [2.45, 2.75) is 38.3 Å². The van der Waals surface area contributed by atoms with Gasteiger partial charge in [0.2, 0.25) is 0 Å². The third-order valence-electron chi connectivity index (χ3n) is 4.58. The van der Waals surface area contributed by atoms with E-state index in [0.717, 1.165) is 43.5 Å². The van der Waals surface area contributed by atoms with E-state index < -0.39 is 10.2 Å². The van der Waals surface area contributed by atoms with E-state index in [4.69, 9.17) is 0 Å². The molecule has 7 heteroatoms. The molecule has 2 fully saturated rings. The van der Waals surface area contributed by atoms with Gasteiger partial charge in [0.15, 0.2) is 0 Å². The maximum atomic E-state index is 12.8. The normalized spacial score (nSPS) is 23.9. The summed E-state index contributed by atoms with van der Waals surface area (Å²) in [7, 11) is 0.700. The Labute approximate surface area is 139 Å². The number of nitrogens with zero attached hydrogens (tertiary/aromatic N) is 4. The van der Waals surface area contributed by atoms with Crippen molar-refractivity contribution in [1.29, 1.82) is 0 Å². The molecule has 1 aromatic heterocycles. The van der Waals surface area contributed by atoms with E-state index in [0.29, 0.717) is 19.6 Å². The quantitative estimate of drug-likeness (QED) is 0.819. The standard InChI is InChI=1S/C16H26N4O2S/c1-18(2)13-14-7-8-15(17-12-14)16-6-5-11-20(16)23(21,22)19-9-3-4-10-19/h7-8,12,16H,3-6,9-11,13H2,1-2H3/t16-/m1/s1. The average molecular weight is 338 g/mol. The highest BCUT2D eigenvalue weighted by Crippen LogP contribution is 2.35. The van der Waals surface area contributed by atoms with Gasteiger partial charge in [-0.05, 0) is 51.4 Å². The summed E-state index contributed by atoms with van der Waals surface area (Å²) in [5, 5.41) is 0. The lowest BCUT2D eigenvalue weighted by Gasteiger charge is -2.28. The molecular weight excluding hydrogens is 312 g/mol. The first-order chi connectivity index (χ1) is 11.0. The first-order valence-corrected chi connectivity index (χ1v) is 9.74. The van der Waals surface area contributed by atoms with E-state index in [1.54, 1.807) is 8.61 Å². The molecule has 0 aromatic carbocycles. The zero-order chi connectivity index (χ0) is 16.4. The minimum Gasteiger partial charge on any atom is -0.305 e. The lowest BCUT2D eigenvalue weighted by molar-refractivity contribution is 0.344. The summed E-state index contributed by atoms with van der Waals surface area (Å²) < 4.78 is 29.0. The molecule has 0 bridgehead atoms. The van der Waals surface area contributed by atoms with Crippen LogP contribution in [-0.2, 0) is 16.8 Å². The van der Waals surface area contributed by atoms with Crippen molar-refractivity contribution in [1.82, 2.24) is 18.5 Å². The van der Waals surface area contributed by atoms with Gasteiger partial charge in [0, 0.05) is 32.4 Å². The molecule has 0 N–H and O–H groups in total. The zero-order valence-corrected chi connectivity index (χ0v) is 14.8. The summed E-state index contributed by atoms with van der Waals surface area (Å²) in [5.74, 6) is 0. The molecule has 2 saturated heterocycles. The lowest BCUT2D eigenvalue weighted by atomic mass is 10.1. The molecule has 0 spiro atoms. The SMILES string of the molecule is CN(C)Cc1ccc([C@H]2CCCN2S(=O)(=O)N2CCCC2)nc1. The summed E-state index contributed by atoms with van der Waals surface area (Å²) in [6.07, 6.45) is 5.56. The molecule has 128 valence electrons. The van der Waals surface area contributed by atoms with Crippen LogP contribution in [0.25, 0.3) is 0 Å². The number of hydrogen-bond acceptors (Lipinski definition) is 4. The van der Waals surface area contributed by atoms with Gasteiger partial charge in [-0.1, -0.05) is 6.07 Å². The van der Waals surface area contributed by atoms with Crippen molar-refractivity contribution in [2.24, 2.45) is 0 Å². The second-order valence-corrected chi connectivity index (χ2v) is 8.59. The number of aromatic nitrogens is 1. The molecule has 23 heavy (non-hydrogen) atoms. The Bertz CT molecular complexity index is 624. The molecule has 0 radical (unpaired) electrons. The first kappa shape index (κ1) is 16.8. The first-order valence-electron chi connectivity index (χ1n) is 8.35. The van der Waals surface area contributed by atoms with Crippen LogP contribution in [0.15, 0.2) is 18.3 Å². The van der Waals surface area contributed by atoms with Gasteiger partial charge in [0.25, 0.3) is 10.2 Å². The monoisotopic (exact) mass is 338 g/mol. The average Bonchev–Trinajstić information content (AvgIpc) is 3.19. The van der Waals surface area contributed by atoms with Crippen molar-refractivity contribution in [2.75, 3.05) is 33.7 Å². The second-order valence-electron chi connectivity index (χ2n) is 6.71. The third kappa shape index (κ3) is 3.57. The fourth-order valence-electron chi connectivity index (χ4n) is 3.47. The molecule has 0 aliphatic carbocycles. The molecular formula is C16H26N4O2S. The van der Waals surface area contributed by atoms with Crippen molar-refractivity contribution in [3.63, 3.8) is 0 Å². The van der Waals surface area contributed by atoms with Gasteiger partial charge in [0.05, 0.1) is 11.7 Å². The second kappa shape index (κ2) is 6.84. The summed E-state index contributed by atoms with van der Waals surface area (Å²) in [5.41, 5.74) is 2.01. The molecule has 6 nitrogen and oxygen atoms in total. The maximum absolute atomic E-state index is 12.8. The summed E-state index contributed by atoms with van der Waals surface area (Å²) in [6, 6.07) is 3.93. The van der Waals surface area contributed by atoms with Gasteiger partial charge >= 0.3 is 0 Å². The van der Waals surface area contributed by atoms with Crippen LogP contribution in [0.5, 0.6) is 0 Å². The summed E-state index contributed by atoms with van der Waals surface area (Å²) >= 11 is 0. The minimum absolute atomic E-state index is 0.117. The van der Waals surface area contributed by atoms with Crippen molar-refractivity contribution >= 4 is 10.2 Å². The van der Waals surface area contributed by atoms with Crippen molar-refractivity contribution in [3.05, 3.63) is 29.6 Å². The third-order valence-corrected chi connectivity index (χ3v) is 6.63. The van der Waals surface area contributed by atoms with E-state index >= 15 is 0 Å². The smallest absolute Gasteiger partial charge is 0.282 e. The Kier molecular flexibility index (Phi) is 5.01. The van der Waals surface area contributed by atoms with Crippen LogP contribution in [0.2, 0.25) is 0 Å². The number of pyridine rings is 1. The number of hydrogen-bond donors (Lipinski definition) is 0. The fourth-order valence-corrected chi connectivity index (χ4v) is 5.38. The highest BCUT2D eigenvalue weighted by Gasteiger charge is 2.40. The Morgan fingerprint density at radius 2 is 1.91 bits per heavy atom. The summed E-state index contributed by atoms with van der Waals surface area (Å²) in [4.78, 5) is 6.65. The van der Waals surface area contributed by atoms with E-state index in [1.807, 2.05) is 26.4 Å². The topological polar surface area (TPSA) is 56.8 Å². The Hall–Kier alpha value is -1.02. The Morgan fingerprint density at radius 3 is 2.52 bits per heavy atom. The van der Waals surface area contributed by atoms with E-state index in [2.05, 4.69) is 16.0 Å². The molecule has 2 aliphatic heterocycles. The molecule has 3 rings (SSSR count). The van der Waals surface area contributed by atoms with Crippen LogP contribution in [0.1, 0.15) is 43.0 Å². The van der Waals surface area contributed by atoms with Gasteiger partial charge in [-0.3, -0.25) is 4.98 Å². The molecule has 0 amide bonds. The molecule has 1 atom stereocenters. The van der Waals surface area contributed by atoms with Gasteiger partial charge in [0.1, 0.15) is 0 Å². The van der Waals surface area contributed by atoms with Gasteiger partial charge in [-0.15, -0.1) is 0 Å². The fraction of sp³-hybridized carbons (Fsp3) is 0.688. The maximum Gasteiger partial charge on any atom is 0.282 e. The van der Waals surface area contributed by atoms with Crippen LogP contribution in [-0.4, -0.2) is 60.6 Å². The number of rotatable bonds is 5. The summed E-state index contributed by atoms with van der Waals surface area (Å²) in [6.45, 7) is 2.75. The van der Waals surface area contributed by atoms with Crippen LogP contribution in [0, 0.1) is 0 Å². The zero-order valence-electron chi connectivity index (χ0n) is 14.0. The van der Waals surface area contributed by atoms with Crippen LogP contribution < -0.4 is 0 Å². The predicted octanol–water partition coefficient (Wildman–Crippen LogP) is 1.62. The van der Waals surface area contributed by atoms with Crippen LogP contribution >= 0.6 is 0 Å². The van der Waals surface area contributed by atoms with Crippen molar-refractivity contribution < 1.29 is 8.42 Å². The lowest BCUT2D eigenvalue weighted by Crippen LogP contribution is -2.42. The molecule has 3 heterocycles. The molecule has 1 aromatic rings. The van der Waals surface area contributed by atoms with Crippen molar-refractivity contribution in [3.8, 4) is 0 Å². The Balaban J connectivity index is 1.78. The highest BCUT2D eigenvalue weighted by atomic mass is 32.2. The Morgan fingerprint density at radius 1 is 1.17 bits per heavy atom. The highest BCUT2D eigenvalue weighted by molar-refractivity contribution is 7.86. The minimum atomic E-state index is -3.35. The van der Waals surface area contributed by atoms with Crippen LogP contribution in [0.3, 0.4) is 0 Å². The molecule has 2 aliphatic rings.